The summed E-state index contributed by atoms with van der Waals surface area (Å²) in [5.41, 5.74) is 0.225. The minimum Gasteiger partial charge on any atom is -0.463 e. The topological polar surface area (TPSA) is 72.8 Å². The highest BCUT2D eigenvalue weighted by Crippen LogP contribution is 2.69. The van der Waals surface area contributed by atoms with E-state index in [4.69, 9.17) is 9.47 Å². The van der Waals surface area contributed by atoms with Gasteiger partial charge in [0.2, 0.25) is 5.79 Å². The van der Waals surface area contributed by atoms with Crippen molar-refractivity contribution < 1.29 is 24.2 Å². The van der Waals surface area contributed by atoms with Crippen LogP contribution in [-0.2, 0) is 19.1 Å². The molecule has 0 aromatic carbocycles. The molecule has 4 fully saturated rings. The van der Waals surface area contributed by atoms with Gasteiger partial charge in [-0.05, 0) is 85.9 Å². The Hall–Kier alpha value is -1.10. The van der Waals surface area contributed by atoms with Crippen LogP contribution in [0.15, 0.2) is 0 Å². The number of unbranched alkanes of at least 4 members (excludes halogenated alkanes) is 5. The molecule has 0 unspecified atom stereocenters. The van der Waals surface area contributed by atoms with Crippen LogP contribution in [0.25, 0.3) is 0 Å². The summed E-state index contributed by atoms with van der Waals surface area (Å²) < 4.78 is 11.4. The van der Waals surface area contributed by atoms with Crippen LogP contribution >= 0.6 is 0 Å². The van der Waals surface area contributed by atoms with Crippen LogP contribution in [0.3, 0.4) is 0 Å². The third-order valence-corrected chi connectivity index (χ3v) is 11.4. The number of rotatable bonds is 9. The molecule has 0 heterocycles. The van der Waals surface area contributed by atoms with Crippen molar-refractivity contribution in [3.8, 4) is 0 Å². The SMILES string of the molecule is CCCCCCCC[C@H]1CC[C@H]2[C@@H]3C[C@@](O)(OC(C)=O)[C@H]4C[C@@H](OC(C)=O)CC[C@]4(C)[C@H]3CC[C@]12C. The molecule has 206 valence electrons. The average Bonchev–Trinajstić information content (AvgIpc) is 3.13. The summed E-state index contributed by atoms with van der Waals surface area (Å²) in [6, 6.07) is 0. The van der Waals surface area contributed by atoms with E-state index in [2.05, 4.69) is 20.8 Å². The molecule has 4 aliphatic rings. The molecule has 0 bridgehead atoms. The second kappa shape index (κ2) is 10.9. The van der Waals surface area contributed by atoms with Gasteiger partial charge in [0.15, 0.2) is 0 Å². The van der Waals surface area contributed by atoms with Gasteiger partial charge in [0, 0.05) is 26.2 Å². The summed E-state index contributed by atoms with van der Waals surface area (Å²) in [7, 11) is 0. The number of esters is 2. The predicted octanol–water partition coefficient (Wildman–Crippen LogP) is 7.19. The Morgan fingerprint density at radius 2 is 1.53 bits per heavy atom. The smallest absolute Gasteiger partial charge is 0.305 e. The van der Waals surface area contributed by atoms with Crippen molar-refractivity contribution >= 4 is 11.9 Å². The molecule has 5 heteroatoms. The Morgan fingerprint density at radius 3 is 2.22 bits per heavy atom. The van der Waals surface area contributed by atoms with Gasteiger partial charge >= 0.3 is 11.9 Å². The Kier molecular flexibility index (Phi) is 8.49. The van der Waals surface area contributed by atoms with Gasteiger partial charge in [-0.1, -0.05) is 59.3 Å². The van der Waals surface area contributed by atoms with Gasteiger partial charge in [-0.15, -0.1) is 0 Å². The highest BCUT2D eigenvalue weighted by molar-refractivity contribution is 5.66. The first kappa shape index (κ1) is 27.9. The Bertz CT molecular complexity index is 796. The molecule has 4 rings (SSSR count). The monoisotopic (exact) mass is 504 g/mol. The van der Waals surface area contributed by atoms with Crippen LogP contribution in [0.5, 0.6) is 0 Å². The lowest BCUT2D eigenvalue weighted by Gasteiger charge is -2.64. The lowest BCUT2D eigenvalue weighted by atomic mass is 9.43. The Morgan fingerprint density at radius 1 is 0.861 bits per heavy atom. The molecule has 0 aromatic heterocycles. The van der Waals surface area contributed by atoms with E-state index in [1.807, 2.05) is 0 Å². The van der Waals surface area contributed by atoms with Gasteiger partial charge in [0.25, 0.3) is 0 Å². The van der Waals surface area contributed by atoms with Crippen molar-refractivity contribution in [2.45, 2.75) is 143 Å². The number of hydrogen-bond acceptors (Lipinski definition) is 5. The van der Waals surface area contributed by atoms with E-state index >= 15 is 0 Å². The number of carbonyl (C=O) groups excluding carboxylic acids is 2. The Labute approximate surface area is 219 Å². The quantitative estimate of drug-likeness (QED) is 0.204. The van der Waals surface area contributed by atoms with Crippen molar-refractivity contribution in [2.24, 2.45) is 40.4 Å². The molecular weight excluding hydrogens is 452 g/mol. The molecular formula is C31H52O5. The molecule has 0 aromatic rings. The van der Waals surface area contributed by atoms with E-state index in [1.54, 1.807) is 0 Å². The third kappa shape index (κ3) is 5.24. The van der Waals surface area contributed by atoms with Gasteiger partial charge in [0.05, 0.1) is 0 Å². The fourth-order valence-corrected chi connectivity index (χ4v) is 9.77. The van der Waals surface area contributed by atoms with Crippen molar-refractivity contribution in [1.29, 1.82) is 0 Å². The zero-order valence-electron chi connectivity index (χ0n) is 23.7. The highest BCUT2D eigenvalue weighted by atomic mass is 16.7. The number of carbonyl (C=O) groups is 2. The second-order valence-corrected chi connectivity index (χ2v) is 13.5. The molecule has 0 aliphatic heterocycles. The first-order valence-electron chi connectivity index (χ1n) is 15.1. The normalized spacial score (nSPS) is 43.7. The standard InChI is InChI=1S/C31H52O5/c1-6-7-8-9-10-11-12-23-13-14-26-25-20-31(34,36-22(3)33)28-19-24(35-21(2)32)15-17-30(28,5)27(25)16-18-29(23,26)4/h23-28,34H,6-20H2,1-5H3/t23-,24-,25-,26-,27-,28-,29+,30+,31+/m0/s1. The zero-order valence-corrected chi connectivity index (χ0v) is 23.7. The van der Waals surface area contributed by atoms with Crippen LogP contribution in [0.1, 0.15) is 131 Å². The molecule has 36 heavy (non-hydrogen) atoms. The van der Waals surface area contributed by atoms with E-state index in [1.165, 1.54) is 84.5 Å². The van der Waals surface area contributed by atoms with E-state index in [0.29, 0.717) is 36.0 Å². The van der Waals surface area contributed by atoms with Crippen LogP contribution in [0.2, 0.25) is 0 Å². The molecule has 4 aliphatic carbocycles. The predicted molar refractivity (Wildman–Crippen MR) is 141 cm³/mol. The molecule has 1 N–H and O–H groups in total. The fourth-order valence-electron chi connectivity index (χ4n) is 9.77. The molecule has 0 radical (unpaired) electrons. The van der Waals surface area contributed by atoms with E-state index in [0.717, 1.165) is 18.8 Å². The van der Waals surface area contributed by atoms with E-state index in [-0.39, 0.29) is 23.4 Å². The largest absolute Gasteiger partial charge is 0.463 e. The summed E-state index contributed by atoms with van der Waals surface area (Å²) >= 11 is 0. The van der Waals surface area contributed by atoms with E-state index < -0.39 is 11.8 Å². The number of fused-ring (bicyclic) bond motifs is 5. The summed E-state index contributed by atoms with van der Waals surface area (Å²) in [5, 5.41) is 12.0. The van der Waals surface area contributed by atoms with Crippen LogP contribution in [-0.4, -0.2) is 28.9 Å². The highest BCUT2D eigenvalue weighted by Gasteiger charge is 2.67. The van der Waals surface area contributed by atoms with Gasteiger partial charge < -0.3 is 14.6 Å². The molecule has 5 nitrogen and oxygen atoms in total. The van der Waals surface area contributed by atoms with Crippen molar-refractivity contribution in [3.05, 3.63) is 0 Å². The maximum Gasteiger partial charge on any atom is 0.305 e. The minimum absolute atomic E-state index is 0.109. The lowest BCUT2D eigenvalue weighted by molar-refractivity contribution is -0.308. The number of hydrogen-bond donors (Lipinski definition) is 1. The number of ether oxygens (including phenoxy) is 2. The van der Waals surface area contributed by atoms with Gasteiger partial charge in [-0.3, -0.25) is 9.59 Å². The summed E-state index contributed by atoms with van der Waals surface area (Å²) in [4.78, 5) is 23.9. The van der Waals surface area contributed by atoms with Crippen molar-refractivity contribution in [1.82, 2.24) is 0 Å². The maximum absolute atomic E-state index is 12.2. The van der Waals surface area contributed by atoms with Crippen LogP contribution in [0.4, 0.5) is 0 Å². The van der Waals surface area contributed by atoms with Crippen molar-refractivity contribution in [3.63, 3.8) is 0 Å². The van der Waals surface area contributed by atoms with Crippen LogP contribution < -0.4 is 0 Å². The zero-order chi connectivity index (χ0) is 26.1. The number of aliphatic hydroxyl groups is 1. The average molecular weight is 505 g/mol. The minimum atomic E-state index is -1.48. The third-order valence-electron chi connectivity index (χ3n) is 11.4. The molecule has 4 saturated carbocycles. The van der Waals surface area contributed by atoms with Gasteiger partial charge in [-0.2, -0.15) is 0 Å². The molecule has 0 saturated heterocycles. The van der Waals surface area contributed by atoms with Gasteiger partial charge in [0.1, 0.15) is 6.10 Å². The molecule has 0 amide bonds. The van der Waals surface area contributed by atoms with E-state index in [9.17, 15) is 14.7 Å². The first-order chi connectivity index (χ1) is 17.0. The summed E-state index contributed by atoms with van der Waals surface area (Å²) in [6.07, 6.45) is 17.1. The fraction of sp³-hybridized carbons (Fsp3) is 0.935. The van der Waals surface area contributed by atoms with Crippen LogP contribution in [0, 0.1) is 40.4 Å². The summed E-state index contributed by atoms with van der Waals surface area (Å²) in [5.74, 6) is -0.0810. The second-order valence-electron chi connectivity index (χ2n) is 13.5. The summed E-state index contributed by atoms with van der Waals surface area (Å²) in [6.45, 7) is 10.0. The van der Waals surface area contributed by atoms with Gasteiger partial charge in [-0.25, -0.2) is 0 Å². The Balaban J connectivity index is 1.52. The molecule has 0 spiro atoms. The lowest BCUT2D eigenvalue weighted by Crippen LogP contribution is -2.64. The molecule has 9 atom stereocenters. The first-order valence-corrected chi connectivity index (χ1v) is 15.1. The maximum atomic E-state index is 12.2. The van der Waals surface area contributed by atoms with Crippen molar-refractivity contribution in [2.75, 3.05) is 0 Å².